The molecule has 0 saturated carbocycles. The fraction of sp³-hybridized carbons (Fsp3) is 0.615. The zero-order chi connectivity index (χ0) is 22.2. The number of piperidine rings is 1. The number of unbranched alkanes of at least 4 members (excludes halogenated alkanes) is 5. The standard InChI is InChI=1S/C26H38N2O3/c1-4-6-7-8-9-10-18-28-25(29)23(21-13-15-22(16-14-21)31-5-2)24(26(28)30)27-17-11-12-20(3)19-27/h13-16,20H,4-12,17-19H2,1-3H3. The Morgan fingerprint density at radius 3 is 2.35 bits per heavy atom. The van der Waals surface area contributed by atoms with Gasteiger partial charge in [0.1, 0.15) is 11.4 Å². The van der Waals surface area contributed by atoms with Crippen LogP contribution in [0.15, 0.2) is 30.0 Å². The number of rotatable bonds is 11. The van der Waals surface area contributed by atoms with Crippen LogP contribution in [0.3, 0.4) is 0 Å². The van der Waals surface area contributed by atoms with E-state index in [-0.39, 0.29) is 11.8 Å². The van der Waals surface area contributed by atoms with E-state index in [4.69, 9.17) is 4.74 Å². The Morgan fingerprint density at radius 2 is 1.68 bits per heavy atom. The van der Waals surface area contributed by atoms with Crippen LogP contribution in [0.25, 0.3) is 5.57 Å². The van der Waals surface area contributed by atoms with Crippen molar-refractivity contribution in [3.63, 3.8) is 0 Å². The Hall–Kier alpha value is -2.30. The highest BCUT2D eigenvalue weighted by atomic mass is 16.5. The summed E-state index contributed by atoms with van der Waals surface area (Å²) in [5.41, 5.74) is 1.97. The number of likely N-dealkylation sites (tertiary alicyclic amines) is 1. The Bertz CT molecular complexity index is 784. The van der Waals surface area contributed by atoms with Crippen LogP contribution in [0.1, 0.15) is 77.7 Å². The minimum Gasteiger partial charge on any atom is -0.494 e. The lowest BCUT2D eigenvalue weighted by Gasteiger charge is -2.33. The molecule has 2 aliphatic heterocycles. The largest absolute Gasteiger partial charge is 0.494 e. The Morgan fingerprint density at radius 1 is 0.968 bits per heavy atom. The highest BCUT2D eigenvalue weighted by Gasteiger charge is 2.41. The Balaban J connectivity index is 1.81. The van der Waals surface area contributed by atoms with Gasteiger partial charge in [-0.05, 0) is 49.8 Å². The Kier molecular flexibility index (Phi) is 8.56. The van der Waals surface area contributed by atoms with Gasteiger partial charge in [0.2, 0.25) is 0 Å². The molecule has 1 unspecified atom stereocenters. The van der Waals surface area contributed by atoms with E-state index in [9.17, 15) is 9.59 Å². The van der Waals surface area contributed by atoms with E-state index in [0.717, 1.165) is 43.7 Å². The summed E-state index contributed by atoms with van der Waals surface area (Å²) < 4.78 is 5.55. The van der Waals surface area contributed by atoms with E-state index in [1.165, 1.54) is 37.0 Å². The number of ether oxygens (including phenoxy) is 1. The third kappa shape index (κ3) is 5.69. The molecule has 1 saturated heterocycles. The smallest absolute Gasteiger partial charge is 0.277 e. The maximum absolute atomic E-state index is 13.4. The lowest BCUT2D eigenvalue weighted by Crippen LogP contribution is -2.39. The molecule has 3 rings (SSSR count). The van der Waals surface area contributed by atoms with Gasteiger partial charge in [-0.25, -0.2) is 0 Å². The van der Waals surface area contributed by atoms with E-state index >= 15 is 0 Å². The molecule has 1 aromatic rings. The van der Waals surface area contributed by atoms with Gasteiger partial charge in [0.15, 0.2) is 0 Å². The zero-order valence-electron chi connectivity index (χ0n) is 19.5. The lowest BCUT2D eigenvalue weighted by molar-refractivity contribution is -0.137. The van der Waals surface area contributed by atoms with Crippen molar-refractivity contribution in [1.82, 2.24) is 9.80 Å². The number of carbonyl (C=O) groups excluding carboxylic acids is 2. The lowest BCUT2D eigenvalue weighted by atomic mass is 9.97. The van der Waals surface area contributed by atoms with Crippen LogP contribution >= 0.6 is 0 Å². The van der Waals surface area contributed by atoms with Crippen LogP contribution in [0, 0.1) is 5.92 Å². The molecule has 5 heteroatoms. The second-order valence-corrected chi connectivity index (χ2v) is 8.90. The van der Waals surface area contributed by atoms with E-state index in [0.29, 0.717) is 30.3 Å². The van der Waals surface area contributed by atoms with E-state index in [1.54, 1.807) is 0 Å². The monoisotopic (exact) mass is 426 g/mol. The molecular weight excluding hydrogens is 388 g/mol. The summed E-state index contributed by atoms with van der Waals surface area (Å²) in [6.45, 7) is 9.16. The minimum atomic E-state index is -0.143. The fourth-order valence-electron chi connectivity index (χ4n) is 4.65. The molecule has 170 valence electrons. The number of nitrogens with zero attached hydrogens (tertiary/aromatic N) is 2. The molecule has 0 bridgehead atoms. The highest BCUT2D eigenvalue weighted by Crippen LogP contribution is 2.34. The van der Waals surface area contributed by atoms with E-state index in [1.807, 2.05) is 31.2 Å². The maximum Gasteiger partial charge on any atom is 0.277 e. The topological polar surface area (TPSA) is 49.9 Å². The summed E-state index contributed by atoms with van der Waals surface area (Å²) in [7, 11) is 0. The van der Waals surface area contributed by atoms with Crippen molar-refractivity contribution < 1.29 is 14.3 Å². The highest BCUT2D eigenvalue weighted by molar-refractivity contribution is 6.35. The fourth-order valence-corrected chi connectivity index (χ4v) is 4.65. The third-order valence-electron chi connectivity index (χ3n) is 6.31. The van der Waals surface area contributed by atoms with Crippen molar-refractivity contribution >= 4 is 17.4 Å². The number of carbonyl (C=O) groups is 2. The van der Waals surface area contributed by atoms with Crippen molar-refractivity contribution in [2.24, 2.45) is 5.92 Å². The molecule has 2 amide bonds. The number of hydrogen-bond donors (Lipinski definition) is 0. The van der Waals surface area contributed by atoms with Crippen molar-refractivity contribution in [3.05, 3.63) is 35.5 Å². The van der Waals surface area contributed by atoms with Gasteiger partial charge < -0.3 is 9.64 Å². The molecule has 0 N–H and O–H groups in total. The molecule has 1 aromatic carbocycles. The van der Waals surface area contributed by atoms with Crippen LogP contribution in [0.2, 0.25) is 0 Å². The van der Waals surface area contributed by atoms with Gasteiger partial charge in [-0.2, -0.15) is 0 Å². The van der Waals surface area contributed by atoms with Gasteiger partial charge in [0.05, 0.1) is 12.2 Å². The first-order chi connectivity index (χ1) is 15.1. The Labute approximate surface area is 187 Å². The summed E-state index contributed by atoms with van der Waals surface area (Å²) in [5.74, 6) is 1.05. The normalized spacial score (nSPS) is 19.5. The van der Waals surface area contributed by atoms with Gasteiger partial charge in [-0.3, -0.25) is 14.5 Å². The molecule has 1 atom stereocenters. The van der Waals surface area contributed by atoms with Crippen molar-refractivity contribution in [2.75, 3.05) is 26.2 Å². The predicted octanol–water partition coefficient (Wildman–Crippen LogP) is 5.26. The van der Waals surface area contributed by atoms with Gasteiger partial charge in [-0.15, -0.1) is 0 Å². The summed E-state index contributed by atoms with van der Waals surface area (Å²) in [6, 6.07) is 7.59. The average molecular weight is 427 g/mol. The quantitative estimate of drug-likeness (QED) is 0.358. The van der Waals surface area contributed by atoms with E-state index in [2.05, 4.69) is 18.7 Å². The third-order valence-corrected chi connectivity index (χ3v) is 6.31. The minimum absolute atomic E-state index is 0.114. The van der Waals surface area contributed by atoms with Crippen LogP contribution < -0.4 is 4.74 Å². The SMILES string of the molecule is CCCCCCCCN1C(=O)C(c2ccc(OCC)cc2)=C(N2CCCC(C)C2)C1=O. The molecule has 0 spiro atoms. The second-order valence-electron chi connectivity index (χ2n) is 8.90. The maximum atomic E-state index is 13.4. The van der Waals surface area contributed by atoms with Crippen LogP contribution in [0.4, 0.5) is 0 Å². The predicted molar refractivity (Wildman–Crippen MR) is 125 cm³/mol. The average Bonchev–Trinajstić information content (AvgIpc) is 3.01. The number of hydrogen-bond acceptors (Lipinski definition) is 4. The molecule has 5 nitrogen and oxygen atoms in total. The second kappa shape index (κ2) is 11.4. The van der Waals surface area contributed by atoms with Gasteiger partial charge in [-0.1, -0.05) is 58.1 Å². The first kappa shape index (κ1) is 23.4. The number of amides is 2. The molecule has 31 heavy (non-hydrogen) atoms. The summed E-state index contributed by atoms with van der Waals surface area (Å²) in [5, 5.41) is 0. The summed E-state index contributed by atoms with van der Waals surface area (Å²) in [4.78, 5) is 30.5. The van der Waals surface area contributed by atoms with Crippen LogP contribution in [0.5, 0.6) is 5.75 Å². The molecule has 0 aliphatic carbocycles. The molecule has 2 heterocycles. The molecule has 0 radical (unpaired) electrons. The van der Waals surface area contributed by atoms with Crippen molar-refractivity contribution in [2.45, 2.75) is 72.1 Å². The summed E-state index contributed by atoms with van der Waals surface area (Å²) >= 11 is 0. The van der Waals surface area contributed by atoms with Crippen molar-refractivity contribution in [3.8, 4) is 5.75 Å². The zero-order valence-corrected chi connectivity index (χ0v) is 19.5. The number of imide groups is 1. The molecule has 1 fully saturated rings. The van der Waals surface area contributed by atoms with Gasteiger partial charge >= 0.3 is 0 Å². The molecular formula is C26H38N2O3. The van der Waals surface area contributed by atoms with Crippen molar-refractivity contribution in [1.29, 1.82) is 0 Å². The van der Waals surface area contributed by atoms with Gasteiger partial charge in [0, 0.05) is 19.6 Å². The summed E-state index contributed by atoms with van der Waals surface area (Å²) in [6.07, 6.45) is 9.03. The van der Waals surface area contributed by atoms with Gasteiger partial charge in [0.25, 0.3) is 11.8 Å². The first-order valence-electron chi connectivity index (χ1n) is 12.1. The molecule has 0 aromatic heterocycles. The number of benzene rings is 1. The van der Waals surface area contributed by atoms with Crippen LogP contribution in [-0.4, -0.2) is 47.9 Å². The molecule has 2 aliphatic rings. The first-order valence-corrected chi connectivity index (χ1v) is 12.1. The van der Waals surface area contributed by atoms with E-state index < -0.39 is 0 Å². The van der Waals surface area contributed by atoms with Crippen LogP contribution in [-0.2, 0) is 9.59 Å².